The Morgan fingerprint density at radius 1 is 1.00 bits per heavy atom. The van der Waals surface area contributed by atoms with Crippen LogP contribution in [-0.2, 0) is 16.1 Å². The molecule has 0 aromatic heterocycles. The smallest absolute Gasteiger partial charge is 0.323 e. The fraction of sp³-hybridized carbons (Fsp3) is 0.381. The minimum Gasteiger partial charge on any atom is -0.455 e. The molecule has 0 saturated heterocycles. The second-order valence-corrected chi connectivity index (χ2v) is 6.56. The van der Waals surface area contributed by atoms with Crippen molar-refractivity contribution < 1.29 is 9.53 Å². The molecule has 4 nitrogen and oxygen atoms in total. The number of nitrogens with one attached hydrogen (secondary N) is 1. The van der Waals surface area contributed by atoms with Crippen LogP contribution in [0.2, 0.25) is 0 Å². The van der Waals surface area contributed by atoms with Crippen LogP contribution in [0.4, 0.5) is 0 Å². The van der Waals surface area contributed by atoms with Gasteiger partial charge in [-0.05, 0) is 39.1 Å². The molecule has 2 aromatic rings. The summed E-state index contributed by atoms with van der Waals surface area (Å²) in [6.45, 7) is 4.54. The van der Waals surface area contributed by atoms with E-state index in [0.717, 1.165) is 11.1 Å². The number of carbonyl (C=O) groups excluding carboxylic acids is 1. The summed E-state index contributed by atoms with van der Waals surface area (Å²) >= 11 is 0. The van der Waals surface area contributed by atoms with Crippen LogP contribution in [0.5, 0.6) is 0 Å². The summed E-state index contributed by atoms with van der Waals surface area (Å²) in [4.78, 5) is 14.6. The molecule has 0 fully saturated rings. The van der Waals surface area contributed by atoms with Crippen molar-refractivity contribution in [2.45, 2.75) is 38.6 Å². The molecule has 0 amide bonds. The number of esters is 1. The van der Waals surface area contributed by atoms with Crippen molar-refractivity contribution in [3.05, 3.63) is 71.8 Å². The summed E-state index contributed by atoms with van der Waals surface area (Å²) in [5, 5.41) is 3.24. The van der Waals surface area contributed by atoms with E-state index in [9.17, 15) is 4.79 Å². The largest absolute Gasteiger partial charge is 0.455 e. The normalized spacial score (nSPS) is 14.8. The van der Waals surface area contributed by atoms with Gasteiger partial charge in [0.05, 0.1) is 0 Å². The maximum absolute atomic E-state index is 12.6. The van der Waals surface area contributed by atoms with E-state index in [-0.39, 0.29) is 24.2 Å². The van der Waals surface area contributed by atoms with E-state index in [0.29, 0.717) is 6.54 Å². The lowest BCUT2D eigenvalue weighted by atomic mass is 10.0. The van der Waals surface area contributed by atoms with Gasteiger partial charge in [-0.2, -0.15) is 0 Å². The molecule has 4 heteroatoms. The first kappa shape index (κ1) is 19.2. The highest BCUT2D eigenvalue weighted by molar-refractivity contribution is 5.75. The molecular formula is C21H28N2O2. The Morgan fingerprint density at radius 2 is 1.56 bits per heavy atom. The van der Waals surface area contributed by atoms with E-state index in [2.05, 4.69) is 17.1 Å². The fourth-order valence-corrected chi connectivity index (χ4v) is 2.54. The van der Waals surface area contributed by atoms with Crippen molar-refractivity contribution >= 4 is 5.97 Å². The van der Waals surface area contributed by atoms with Gasteiger partial charge in [-0.1, -0.05) is 60.7 Å². The molecule has 0 spiro atoms. The van der Waals surface area contributed by atoms with E-state index in [1.165, 1.54) is 0 Å². The van der Waals surface area contributed by atoms with Crippen molar-refractivity contribution in [3.8, 4) is 0 Å². The summed E-state index contributed by atoms with van der Waals surface area (Å²) in [7, 11) is 3.98. The first-order valence-corrected chi connectivity index (χ1v) is 8.68. The van der Waals surface area contributed by atoms with E-state index in [1.807, 2.05) is 81.7 Å². The van der Waals surface area contributed by atoms with Gasteiger partial charge in [0.15, 0.2) is 0 Å². The van der Waals surface area contributed by atoms with Gasteiger partial charge in [0.1, 0.15) is 12.1 Å². The number of likely N-dealkylation sites (N-methyl/N-ethyl adjacent to an activating group) is 1. The van der Waals surface area contributed by atoms with Gasteiger partial charge in [-0.15, -0.1) is 0 Å². The van der Waals surface area contributed by atoms with Gasteiger partial charge in [0, 0.05) is 12.6 Å². The predicted octanol–water partition coefficient (Wildman–Crippen LogP) is 3.40. The van der Waals surface area contributed by atoms with Crippen LogP contribution in [0.3, 0.4) is 0 Å². The predicted molar refractivity (Wildman–Crippen MR) is 101 cm³/mol. The van der Waals surface area contributed by atoms with Crippen LogP contribution in [-0.4, -0.2) is 37.0 Å². The van der Waals surface area contributed by atoms with Crippen LogP contribution < -0.4 is 5.32 Å². The Labute approximate surface area is 150 Å². The van der Waals surface area contributed by atoms with Gasteiger partial charge in [-0.3, -0.25) is 4.79 Å². The molecule has 0 bridgehead atoms. The third-order valence-electron chi connectivity index (χ3n) is 4.43. The Bertz CT molecular complexity index is 643. The van der Waals surface area contributed by atoms with E-state index in [4.69, 9.17) is 4.74 Å². The average Bonchev–Trinajstić information content (AvgIpc) is 2.64. The van der Waals surface area contributed by atoms with Crippen LogP contribution in [0, 0.1) is 0 Å². The van der Waals surface area contributed by atoms with Crippen molar-refractivity contribution in [2.24, 2.45) is 0 Å². The van der Waals surface area contributed by atoms with E-state index < -0.39 is 0 Å². The number of nitrogens with zero attached hydrogens (tertiary/aromatic N) is 1. The molecule has 1 N–H and O–H groups in total. The van der Waals surface area contributed by atoms with Gasteiger partial charge in [0.25, 0.3) is 0 Å². The van der Waals surface area contributed by atoms with Gasteiger partial charge >= 0.3 is 5.97 Å². The quantitative estimate of drug-likeness (QED) is 0.748. The highest BCUT2D eigenvalue weighted by Crippen LogP contribution is 2.24. The third-order valence-corrected chi connectivity index (χ3v) is 4.43. The second-order valence-electron chi connectivity index (χ2n) is 6.56. The zero-order valence-corrected chi connectivity index (χ0v) is 15.5. The molecule has 2 rings (SSSR count). The topological polar surface area (TPSA) is 41.6 Å². The Kier molecular flexibility index (Phi) is 7.16. The molecule has 3 atom stereocenters. The van der Waals surface area contributed by atoms with E-state index >= 15 is 0 Å². The number of hydrogen-bond acceptors (Lipinski definition) is 4. The molecule has 134 valence electrons. The standard InChI is InChI=1S/C21H28N2O2/c1-16(22-15-18-11-7-5-8-12-18)21(24)25-20(17(2)23(3)4)19-13-9-6-10-14-19/h5-14,16-17,20,22H,15H2,1-4H3/t16-,17+,20-/m1/s1. The molecular weight excluding hydrogens is 312 g/mol. The van der Waals surface area contributed by atoms with E-state index in [1.54, 1.807) is 0 Å². The first-order chi connectivity index (χ1) is 12.0. The molecule has 0 heterocycles. The highest BCUT2D eigenvalue weighted by Gasteiger charge is 2.27. The van der Waals surface area contributed by atoms with Crippen molar-refractivity contribution in [2.75, 3.05) is 14.1 Å². The van der Waals surface area contributed by atoms with Gasteiger partial charge < -0.3 is 15.0 Å². The zero-order valence-electron chi connectivity index (χ0n) is 15.5. The molecule has 2 aromatic carbocycles. The van der Waals surface area contributed by atoms with Crippen molar-refractivity contribution in [1.29, 1.82) is 0 Å². The molecule has 0 unspecified atom stereocenters. The number of ether oxygens (including phenoxy) is 1. The number of hydrogen-bond donors (Lipinski definition) is 1. The van der Waals surface area contributed by atoms with Crippen LogP contribution in [0.1, 0.15) is 31.1 Å². The average molecular weight is 340 g/mol. The lowest BCUT2D eigenvalue weighted by Gasteiger charge is -2.30. The summed E-state index contributed by atoms with van der Waals surface area (Å²) in [6.07, 6.45) is -0.301. The zero-order chi connectivity index (χ0) is 18.2. The van der Waals surface area contributed by atoms with Gasteiger partial charge in [0.2, 0.25) is 0 Å². The minimum atomic E-state index is -0.374. The summed E-state index contributed by atoms with van der Waals surface area (Å²) in [6, 6.07) is 19.6. The lowest BCUT2D eigenvalue weighted by molar-refractivity contribution is -0.154. The Morgan fingerprint density at radius 3 is 2.12 bits per heavy atom. The van der Waals surface area contributed by atoms with Crippen molar-refractivity contribution in [1.82, 2.24) is 10.2 Å². The molecule has 0 radical (unpaired) electrons. The third kappa shape index (κ3) is 5.69. The molecule has 0 saturated carbocycles. The van der Waals surface area contributed by atoms with Crippen LogP contribution in [0.15, 0.2) is 60.7 Å². The number of benzene rings is 2. The second kappa shape index (κ2) is 9.35. The number of carbonyl (C=O) groups is 1. The maximum Gasteiger partial charge on any atom is 0.323 e. The minimum absolute atomic E-state index is 0.0765. The van der Waals surface area contributed by atoms with Crippen molar-refractivity contribution in [3.63, 3.8) is 0 Å². The summed E-state index contributed by atoms with van der Waals surface area (Å²) < 4.78 is 5.87. The Hall–Kier alpha value is -2.17. The molecule has 0 aliphatic carbocycles. The van der Waals surface area contributed by atoms with Crippen LogP contribution in [0.25, 0.3) is 0 Å². The fourth-order valence-electron chi connectivity index (χ4n) is 2.54. The summed E-state index contributed by atoms with van der Waals surface area (Å²) in [5.74, 6) is -0.238. The highest BCUT2D eigenvalue weighted by atomic mass is 16.5. The molecule has 0 aliphatic heterocycles. The first-order valence-electron chi connectivity index (χ1n) is 8.68. The molecule has 25 heavy (non-hydrogen) atoms. The SMILES string of the molecule is C[C@@H](NCc1ccccc1)C(=O)O[C@@H](c1ccccc1)[C@H](C)N(C)C. The molecule has 0 aliphatic rings. The summed E-state index contributed by atoms with van der Waals surface area (Å²) in [5.41, 5.74) is 2.15. The maximum atomic E-state index is 12.6. The van der Waals surface area contributed by atoms with Gasteiger partial charge in [-0.25, -0.2) is 0 Å². The lowest BCUT2D eigenvalue weighted by Crippen LogP contribution is -2.39. The monoisotopic (exact) mass is 340 g/mol. The Balaban J connectivity index is 2.00. The van der Waals surface area contributed by atoms with Crippen LogP contribution >= 0.6 is 0 Å². The number of rotatable bonds is 8.